The van der Waals surface area contributed by atoms with Gasteiger partial charge in [-0.1, -0.05) is 63.4 Å². The minimum Gasteiger partial charge on any atom is -0.426 e. The molecule has 0 N–H and O–H groups in total. The van der Waals surface area contributed by atoms with Crippen LogP contribution in [0.5, 0.6) is 5.75 Å². The third-order valence-corrected chi connectivity index (χ3v) is 8.47. The summed E-state index contributed by atoms with van der Waals surface area (Å²) >= 11 is 0. The van der Waals surface area contributed by atoms with Gasteiger partial charge in [0, 0.05) is 8.80 Å². The fourth-order valence-electron chi connectivity index (χ4n) is 3.36. The molecule has 0 radical (unpaired) electrons. The minimum absolute atomic E-state index is 0.00902. The van der Waals surface area contributed by atoms with Crippen LogP contribution in [0.4, 0.5) is 0 Å². The molecule has 1 saturated heterocycles. The van der Waals surface area contributed by atoms with E-state index in [-0.39, 0.29) is 11.9 Å². The second-order valence-electron chi connectivity index (χ2n) is 6.63. The molecule has 0 aliphatic carbocycles. The van der Waals surface area contributed by atoms with Crippen molar-refractivity contribution in [2.45, 2.75) is 70.5 Å². The summed E-state index contributed by atoms with van der Waals surface area (Å²) in [7, 11) is -0.541. The highest BCUT2D eigenvalue weighted by Crippen LogP contribution is 2.29. The van der Waals surface area contributed by atoms with Crippen molar-refractivity contribution < 1.29 is 9.53 Å². The fourth-order valence-corrected chi connectivity index (χ4v) is 6.84. The summed E-state index contributed by atoms with van der Waals surface area (Å²) in [5, 5.41) is 0. The summed E-state index contributed by atoms with van der Waals surface area (Å²) in [6, 6.07) is 12.1. The molecule has 1 heterocycles. The zero-order chi connectivity index (χ0) is 15.8. The van der Waals surface area contributed by atoms with E-state index in [9.17, 15) is 4.79 Å². The first kappa shape index (κ1) is 17.3. The van der Waals surface area contributed by atoms with E-state index in [4.69, 9.17) is 4.74 Å². The summed E-state index contributed by atoms with van der Waals surface area (Å²) in [6.45, 7) is 4.39. The highest BCUT2D eigenvalue weighted by molar-refractivity contribution is 6.59. The van der Waals surface area contributed by atoms with Crippen molar-refractivity contribution >= 4 is 14.8 Å². The van der Waals surface area contributed by atoms with Gasteiger partial charge in [-0.2, -0.15) is 0 Å². The van der Waals surface area contributed by atoms with Crippen LogP contribution in [0.3, 0.4) is 0 Å². The van der Waals surface area contributed by atoms with Crippen molar-refractivity contribution in [3.05, 3.63) is 29.8 Å². The molecule has 1 aromatic carbocycles. The van der Waals surface area contributed by atoms with Gasteiger partial charge in [0.15, 0.2) is 0 Å². The van der Waals surface area contributed by atoms with Crippen molar-refractivity contribution in [1.82, 2.24) is 0 Å². The quantitative estimate of drug-likeness (QED) is 0.307. The van der Waals surface area contributed by atoms with Crippen LogP contribution in [0, 0.1) is 5.92 Å². The number of hydrogen-bond donors (Lipinski definition) is 0. The van der Waals surface area contributed by atoms with E-state index in [0.717, 1.165) is 19.3 Å². The maximum Gasteiger partial charge on any atom is 0.314 e. The molecular formula is C19H30O2Si. The van der Waals surface area contributed by atoms with Gasteiger partial charge in [0.1, 0.15) is 5.75 Å². The lowest BCUT2D eigenvalue weighted by Gasteiger charge is -2.26. The van der Waals surface area contributed by atoms with Gasteiger partial charge in [-0.25, -0.2) is 0 Å². The van der Waals surface area contributed by atoms with Crippen molar-refractivity contribution in [3.8, 4) is 5.75 Å². The Morgan fingerprint density at radius 3 is 2.41 bits per heavy atom. The molecule has 1 aromatic rings. The van der Waals surface area contributed by atoms with Gasteiger partial charge in [-0.15, -0.1) is 0 Å². The normalized spacial score (nSPS) is 21.5. The van der Waals surface area contributed by atoms with Crippen molar-refractivity contribution in [3.63, 3.8) is 0 Å². The molecule has 1 fully saturated rings. The summed E-state index contributed by atoms with van der Waals surface area (Å²) in [6.07, 6.45) is 7.24. The highest BCUT2D eigenvalue weighted by Gasteiger charge is 2.28. The number of rotatable bonds is 7. The van der Waals surface area contributed by atoms with Gasteiger partial charge >= 0.3 is 5.97 Å². The Hall–Kier alpha value is -1.09. The van der Waals surface area contributed by atoms with Gasteiger partial charge in [-0.3, -0.25) is 4.79 Å². The molecule has 0 saturated carbocycles. The highest BCUT2D eigenvalue weighted by atomic mass is 28.3. The van der Waals surface area contributed by atoms with Crippen LogP contribution in [0.25, 0.3) is 0 Å². The average molecular weight is 319 g/mol. The molecule has 0 unspecified atom stereocenters. The molecule has 0 amide bonds. The molecule has 0 aromatic heterocycles. The summed E-state index contributed by atoms with van der Waals surface area (Å²) in [4.78, 5) is 12.3. The van der Waals surface area contributed by atoms with Crippen molar-refractivity contribution in [1.29, 1.82) is 0 Å². The number of unbranched alkanes of at least 4 members (excludes halogenated alkanes) is 2. The molecule has 3 heteroatoms. The summed E-state index contributed by atoms with van der Waals surface area (Å²) in [5.74, 6) is 0.829. The Balaban J connectivity index is 1.74. The van der Waals surface area contributed by atoms with Crippen LogP contribution in [0.15, 0.2) is 24.3 Å². The van der Waals surface area contributed by atoms with Crippen LogP contribution in [-0.2, 0) is 11.2 Å². The minimum atomic E-state index is -0.541. The van der Waals surface area contributed by atoms with E-state index in [2.05, 4.69) is 13.8 Å². The maximum absolute atomic E-state index is 12.3. The second kappa shape index (κ2) is 9.14. The number of ether oxygens (including phenoxy) is 1. The third-order valence-electron chi connectivity index (χ3n) is 4.95. The summed E-state index contributed by atoms with van der Waals surface area (Å²) < 4.78 is 5.56. The number of carbonyl (C=O) groups is 1. The zero-order valence-corrected chi connectivity index (χ0v) is 15.3. The molecule has 1 aliphatic heterocycles. The number of aryl methyl sites for hydroxylation is 1. The molecular weight excluding hydrogens is 288 g/mol. The topological polar surface area (TPSA) is 26.3 Å². The number of hydrogen-bond acceptors (Lipinski definition) is 2. The van der Waals surface area contributed by atoms with E-state index in [0.29, 0.717) is 5.75 Å². The smallest absolute Gasteiger partial charge is 0.314 e. The largest absolute Gasteiger partial charge is 0.426 e. The SMILES string of the molecule is CCCCC[Si@H]1CC[C@H](C(=O)Oc2ccc(CC)cc2)CC1. The lowest BCUT2D eigenvalue weighted by molar-refractivity contribution is -0.139. The van der Waals surface area contributed by atoms with Gasteiger partial charge in [0.25, 0.3) is 0 Å². The average Bonchev–Trinajstić information content (AvgIpc) is 2.56. The van der Waals surface area contributed by atoms with E-state index >= 15 is 0 Å². The number of esters is 1. The first-order valence-electron chi connectivity index (χ1n) is 9.03. The molecule has 2 rings (SSSR count). The molecule has 0 bridgehead atoms. The van der Waals surface area contributed by atoms with E-state index in [1.807, 2.05) is 24.3 Å². The third kappa shape index (κ3) is 5.27. The van der Waals surface area contributed by atoms with Gasteiger partial charge < -0.3 is 4.74 Å². The predicted molar refractivity (Wildman–Crippen MR) is 95.3 cm³/mol. The Morgan fingerprint density at radius 2 is 1.82 bits per heavy atom. The maximum atomic E-state index is 12.3. The van der Waals surface area contributed by atoms with Gasteiger partial charge in [0.05, 0.1) is 5.92 Å². The van der Waals surface area contributed by atoms with Crippen LogP contribution >= 0.6 is 0 Å². The predicted octanol–water partition coefficient (Wildman–Crippen LogP) is 4.98. The first-order valence-corrected chi connectivity index (χ1v) is 11.5. The van der Waals surface area contributed by atoms with E-state index < -0.39 is 8.80 Å². The Bertz CT molecular complexity index is 447. The lowest BCUT2D eigenvalue weighted by atomic mass is 10.0. The molecule has 0 spiro atoms. The molecule has 22 heavy (non-hydrogen) atoms. The number of carbonyl (C=O) groups excluding carboxylic acids is 1. The molecule has 2 nitrogen and oxygen atoms in total. The Kier molecular flexibility index (Phi) is 7.17. The van der Waals surface area contributed by atoms with Gasteiger partial charge in [-0.05, 0) is 37.0 Å². The summed E-state index contributed by atoms with van der Waals surface area (Å²) in [5.41, 5.74) is 1.28. The van der Waals surface area contributed by atoms with Crippen molar-refractivity contribution in [2.75, 3.05) is 0 Å². The van der Waals surface area contributed by atoms with Gasteiger partial charge in [0.2, 0.25) is 0 Å². The van der Waals surface area contributed by atoms with Crippen LogP contribution in [-0.4, -0.2) is 14.8 Å². The van der Waals surface area contributed by atoms with E-state index in [1.165, 1.54) is 43.0 Å². The van der Waals surface area contributed by atoms with E-state index in [1.54, 1.807) is 0 Å². The standard InChI is InChI=1S/C19H30O2Si/c1-3-5-6-13-22-14-11-17(12-15-22)19(20)21-18-9-7-16(4-2)8-10-18/h7-10,17,22H,3-6,11-15H2,1-2H3/t17-,22-. The second-order valence-corrected chi connectivity index (χ2v) is 10.1. The van der Waals surface area contributed by atoms with Crippen LogP contribution in [0.2, 0.25) is 18.1 Å². The fraction of sp³-hybridized carbons (Fsp3) is 0.632. The Labute approximate surface area is 136 Å². The number of benzene rings is 1. The van der Waals surface area contributed by atoms with Crippen LogP contribution in [0.1, 0.15) is 51.5 Å². The lowest BCUT2D eigenvalue weighted by Crippen LogP contribution is -2.28. The van der Waals surface area contributed by atoms with Crippen molar-refractivity contribution in [2.24, 2.45) is 5.92 Å². The molecule has 1 aliphatic rings. The van der Waals surface area contributed by atoms with Crippen LogP contribution < -0.4 is 4.74 Å². The monoisotopic (exact) mass is 318 g/mol. The molecule has 122 valence electrons. The molecule has 0 atom stereocenters. The first-order chi connectivity index (χ1) is 10.7. The Morgan fingerprint density at radius 1 is 1.14 bits per heavy atom. The zero-order valence-electron chi connectivity index (χ0n) is 14.1.